The maximum atomic E-state index is 11.3. The standard InChI is InChI=1S/C9H20N2O2S/c1-14-7-4-8(10)9(13)11-5-2-3-6-12/h8,12H,2-7,10H2,1H3,(H,11,13)/t8-/m1/s1. The quantitative estimate of drug-likeness (QED) is 0.502. The number of carbonyl (C=O) groups is 1. The molecule has 0 spiro atoms. The number of carbonyl (C=O) groups excluding carboxylic acids is 1. The molecule has 0 fully saturated rings. The van der Waals surface area contributed by atoms with Gasteiger partial charge in [-0.25, -0.2) is 0 Å². The van der Waals surface area contributed by atoms with Gasteiger partial charge in [0.25, 0.3) is 0 Å². The number of unbranched alkanes of at least 4 members (excludes halogenated alkanes) is 1. The first-order valence-corrected chi connectivity index (χ1v) is 6.24. The van der Waals surface area contributed by atoms with Crippen LogP contribution in [0.2, 0.25) is 0 Å². The monoisotopic (exact) mass is 220 g/mol. The second-order valence-corrected chi connectivity index (χ2v) is 4.10. The molecule has 0 aromatic heterocycles. The molecule has 0 bridgehead atoms. The van der Waals surface area contributed by atoms with E-state index in [1.807, 2.05) is 6.26 Å². The average molecular weight is 220 g/mol. The lowest BCUT2D eigenvalue weighted by Gasteiger charge is -2.10. The topological polar surface area (TPSA) is 75.4 Å². The number of nitrogens with one attached hydrogen (secondary N) is 1. The summed E-state index contributed by atoms with van der Waals surface area (Å²) in [5, 5.41) is 11.3. The first-order valence-electron chi connectivity index (χ1n) is 4.85. The smallest absolute Gasteiger partial charge is 0.236 e. The molecule has 84 valence electrons. The summed E-state index contributed by atoms with van der Waals surface area (Å²) in [7, 11) is 0. The van der Waals surface area contributed by atoms with Gasteiger partial charge in [0.15, 0.2) is 0 Å². The van der Waals surface area contributed by atoms with Crippen LogP contribution in [0, 0.1) is 0 Å². The van der Waals surface area contributed by atoms with E-state index in [-0.39, 0.29) is 12.5 Å². The van der Waals surface area contributed by atoms with Crippen molar-refractivity contribution >= 4 is 17.7 Å². The van der Waals surface area contributed by atoms with Gasteiger partial charge in [-0.05, 0) is 31.3 Å². The van der Waals surface area contributed by atoms with E-state index in [1.54, 1.807) is 11.8 Å². The summed E-state index contributed by atoms with van der Waals surface area (Å²) in [4.78, 5) is 11.3. The summed E-state index contributed by atoms with van der Waals surface area (Å²) in [5.74, 6) is 0.822. The molecular formula is C9H20N2O2S. The SMILES string of the molecule is CSCC[C@@H](N)C(=O)NCCCCO. The Morgan fingerprint density at radius 2 is 2.29 bits per heavy atom. The van der Waals surface area contributed by atoms with Crippen LogP contribution in [0.5, 0.6) is 0 Å². The van der Waals surface area contributed by atoms with Crippen LogP contribution in [0.3, 0.4) is 0 Å². The highest BCUT2D eigenvalue weighted by atomic mass is 32.2. The summed E-state index contributed by atoms with van der Waals surface area (Å²) in [5.41, 5.74) is 5.64. The number of aliphatic hydroxyl groups is 1. The number of hydrogen-bond acceptors (Lipinski definition) is 4. The first-order chi connectivity index (χ1) is 6.72. The third kappa shape index (κ3) is 7.17. The maximum absolute atomic E-state index is 11.3. The molecule has 4 N–H and O–H groups in total. The fourth-order valence-corrected chi connectivity index (χ4v) is 1.45. The van der Waals surface area contributed by atoms with Crippen molar-refractivity contribution in [3.63, 3.8) is 0 Å². The number of aliphatic hydroxyl groups excluding tert-OH is 1. The molecule has 0 aliphatic rings. The Labute approximate surface area is 89.6 Å². The predicted molar refractivity (Wildman–Crippen MR) is 60.3 cm³/mol. The molecule has 0 heterocycles. The maximum Gasteiger partial charge on any atom is 0.236 e. The van der Waals surface area contributed by atoms with Crippen LogP contribution in [-0.2, 0) is 4.79 Å². The van der Waals surface area contributed by atoms with Gasteiger partial charge < -0.3 is 16.2 Å². The Balaban J connectivity index is 3.42. The summed E-state index contributed by atoms with van der Waals surface area (Å²) in [6, 6.07) is -0.392. The molecule has 0 unspecified atom stereocenters. The molecule has 0 saturated carbocycles. The zero-order valence-electron chi connectivity index (χ0n) is 8.66. The normalized spacial score (nSPS) is 12.5. The van der Waals surface area contributed by atoms with Crippen molar-refractivity contribution < 1.29 is 9.90 Å². The minimum atomic E-state index is -0.392. The molecule has 0 rings (SSSR count). The van der Waals surface area contributed by atoms with Crippen molar-refractivity contribution in [1.29, 1.82) is 0 Å². The van der Waals surface area contributed by atoms with Crippen molar-refractivity contribution in [1.82, 2.24) is 5.32 Å². The lowest BCUT2D eigenvalue weighted by molar-refractivity contribution is -0.122. The van der Waals surface area contributed by atoms with Crippen LogP contribution in [-0.4, -0.2) is 42.2 Å². The number of thioether (sulfide) groups is 1. The van der Waals surface area contributed by atoms with Crippen molar-refractivity contribution in [2.24, 2.45) is 5.73 Å². The van der Waals surface area contributed by atoms with Gasteiger partial charge in [-0.15, -0.1) is 0 Å². The van der Waals surface area contributed by atoms with Crippen LogP contribution < -0.4 is 11.1 Å². The Morgan fingerprint density at radius 1 is 1.57 bits per heavy atom. The summed E-state index contributed by atoms with van der Waals surface area (Å²) >= 11 is 1.69. The van der Waals surface area contributed by atoms with Crippen molar-refractivity contribution in [3.05, 3.63) is 0 Å². The summed E-state index contributed by atoms with van der Waals surface area (Å²) < 4.78 is 0. The van der Waals surface area contributed by atoms with E-state index in [0.29, 0.717) is 13.0 Å². The molecule has 0 aromatic rings. The highest BCUT2D eigenvalue weighted by Crippen LogP contribution is 1.98. The van der Waals surface area contributed by atoms with E-state index >= 15 is 0 Å². The molecule has 1 atom stereocenters. The Morgan fingerprint density at radius 3 is 2.86 bits per heavy atom. The molecule has 4 nitrogen and oxygen atoms in total. The molecule has 0 aliphatic carbocycles. The predicted octanol–water partition coefficient (Wildman–Crippen LogP) is -0.0445. The number of rotatable bonds is 8. The third-order valence-electron chi connectivity index (χ3n) is 1.85. The van der Waals surface area contributed by atoms with Gasteiger partial charge in [-0.1, -0.05) is 0 Å². The van der Waals surface area contributed by atoms with E-state index in [9.17, 15) is 4.79 Å². The molecule has 0 radical (unpaired) electrons. The Bertz CT molecular complexity index is 156. The lowest BCUT2D eigenvalue weighted by atomic mass is 10.2. The van der Waals surface area contributed by atoms with Gasteiger partial charge in [0.05, 0.1) is 6.04 Å². The molecule has 0 aliphatic heterocycles. The van der Waals surface area contributed by atoms with Crippen LogP contribution in [0.4, 0.5) is 0 Å². The summed E-state index contributed by atoms with van der Waals surface area (Å²) in [6.07, 6.45) is 4.23. The molecule has 0 saturated heterocycles. The van der Waals surface area contributed by atoms with Crippen molar-refractivity contribution in [2.75, 3.05) is 25.2 Å². The number of nitrogens with two attached hydrogens (primary N) is 1. The first kappa shape index (κ1) is 13.7. The molecular weight excluding hydrogens is 200 g/mol. The van der Waals surface area contributed by atoms with Crippen molar-refractivity contribution in [3.8, 4) is 0 Å². The fourth-order valence-electron chi connectivity index (χ4n) is 0.955. The average Bonchev–Trinajstić information content (AvgIpc) is 2.20. The van der Waals surface area contributed by atoms with Gasteiger partial charge in [0.1, 0.15) is 0 Å². The van der Waals surface area contributed by atoms with E-state index in [4.69, 9.17) is 10.8 Å². The largest absolute Gasteiger partial charge is 0.396 e. The van der Waals surface area contributed by atoms with Gasteiger partial charge in [-0.3, -0.25) is 4.79 Å². The van der Waals surface area contributed by atoms with Gasteiger partial charge in [0, 0.05) is 13.2 Å². The second kappa shape index (κ2) is 9.30. The van der Waals surface area contributed by atoms with Crippen LogP contribution in [0.15, 0.2) is 0 Å². The van der Waals surface area contributed by atoms with Crippen LogP contribution in [0.25, 0.3) is 0 Å². The zero-order chi connectivity index (χ0) is 10.8. The molecule has 0 aromatic carbocycles. The zero-order valence-corrected chi connectivity index (χ0v) is 9.48. The second-order valence-electron chi connectivity index (χ2n) is 3.11. The number of amides is 1. The third-order valence-corrected chi connectivity index (χ3v) is 2.50. The van der Waals surface area contributed by atoms with E-state index in [0.717, 1.165) is 18.6 Å². The van der Waals surface area contributed by atoms with Crippen LogP contribution >= 0.6 is 11.8 Å². The lowest BCUT2D eigenvalue weighted by Crippen LogP contribution is -2.41. The van der Waals surface area contributed by atoms with Crippen molar-refractivity contribution in [2.45, 2.75) is 25.3 Å². The highest BCUT2D eigenvalue weighted by Gasteiger charge is 2.11. The van der Waals surface area contributed by atoms with E-state index in [1.165, 1.54) is 0 Å². The Hall–Kier alpha value is -0.260. The van der Waals surface area contributed by atoms with E-state index in [2.05, 4.69) is 5.32 Å². The molecule has 1 amide bonds. The highest BCUT2D eigenvalue weighted by molar-refractivity contribution is 7.98. The summed E-state index contributed by atoms with van der Waals surface area (Å²) in [6.45, 7) is 0.779. The fraction of sp³-hybridized carbons (Fsp3) is 0.889. The van der Waals surface area contributed by atoms with Crippen LogP contribution in [0.1, 0.15) is 19.3 Å². The van der Waals surface area contributed by atoms with Gasteiger partial charge in [0.2, 0.25) is 5.91 Å². The van der Waals surface area contributed by atoms with Gasteiger partial charge in [-0.2, -0.15) is 11.8 Å². The minimum Gasteiger partial charge on any atom is -0.396 e. The molecule has 5 heteroatoms. The number of hydrogen-bond donors (Lipinski definition) is 3. The van der Waals surface area contributed by atoms with E-state index < -0.39 is 6.04 Å². The molecule has 14 heavy (non-hydrogen) atoms. The van der Waals surface area contributed by atoms with Gasteiger partial charge >= 0.3 is 0 Å². The Kier molecular flexibility index (Phi) is 9.13. The minimum absolute atomic E-state index is 0.0861.